The van der Waals surface area contributed by atoms with Crippen LogP contribution in [-0.4, -0.2) is 64.6 Å². The zero-order chi connectivity index (χ0) is 20.0. The van der Waals surface area contributed by atoms with Gasteiger partial charge in [0.1, 0.15) is 6.04 Å². The summed E-state index contributed by atoms with van der Waals surface area (Å²) in [5.41, 5.74) is 2.47. The third-order valence-electron chi connectivity index (χ3n) is 4.76. The lowest BCUT2D eigenvalue weighted by Gasteiger charge is -2.25. The molecule has 152 valence electrons. The first-order valence-corrected chi connectivity index (χ1v) is 10.8. The van der Waals surface area contributed by atoms with Crippen molar-refractivity contribution in [1.82, 2.24) is 14.9 Å². The van der Waals surface area contributed by atoms with Crippen LogP contribution in [0.2, 0.25) is 0 Å². The SMILES string of the molecule is COCCNCCNC(=O)C1CCCN1S(=O)(=O)c1c(C)cc(C)cc1C. The van der Waals surface area contributed by atoms with E-state index in [4.69, 9.17) is 4.74 Å². The largest absolute Gasteiger partial charge is 0.383 e. The van der Waals surface area contributed by atoms with Gasteiger partial charge in [-0.05, 0) is 44.7 Å². The topological polar surface area (TPSA) is 87.7 Å². The number of aryl methyl sites for hydroxylation is 3. The molecule has 1 aromatic carbocycles. The number of sulfonamides is 1. The molecule has 0 radical (unpaired) electrons. The summed E-state index contributed by atoms with van der Waals surface area (Å²) >= 11 is 0. The minimum absolute atomic E-state index is 0.230. The molecule has 8 heteroatoms. The monoisotopic (exact) mass is 397 g/mol. The molecular formula is C19H31N3O4S. The van der Waals surface area contributed by atoms with E-state index in [1.165, 1.54) is 4.31 Å². The Kier molecular flexibility index (Phi) is 7.79. The maximum absolute atomic E-state index is 13.3. The molecular weight excluding hydrogens is 366 g/mol. The fourth-order valence-corrected chi connectivity index (χ4v) is 5.74. The molecule has 0 aromatic heterocycles. The molecule has 0 spiro atoms. The van der Waals surface area contributed by atoms with Gasteiger partial charge in [-0.25, -0.2) is 8.42 Å². The fraction of sp³-hybridized carbons (Fsp3) is 0.632. The van der Waals surface area contributed by atoms with Crippen molar-refractivity contribution in [2.24, 2.45) is 0 Å². The number of ether oxygens (including phenoxy) is 1. The maximum Gasteiger partial charge on any atom is 0.244 e. The molecule has 1 unspecified atom stereocenters. The summed E-state index contributed by atoms with van der Waals surface area (Å²) in [5, 5.41) is 5.99. The van der Waals surface area contributed by atoms with Crippen LogP contribution in [0.1, 0.15) is 29.5 Å². The van der Waals surface area contributed by atoms with E-state index >= 15 is 0 Å². The zero-order valence-corrected chi connectivity index (χ0v) is 17.5. The molecule has 2 N–H and O–H groups in total. The molecule has 1 fully saturated rings. The average Bonchev–Trinajstić information content (AvgIpc) is 3.07. The van der Waals surface area contributed by atoms with Crippen LogP contribution in [0.5, 0.6) is 0 Å². The van der Waals surface area contributed by atoms with Crippen molar-refractivity contribution in [2.75, 3.05) is 39.9 Å². The van der Waals surface area contributed by atoms with E-state index in [1.54, 1.807) is 7.11 Å². The van der Waals surface area contributed by atoms with Gasteiger partial charge in [0.25, 0.3) is 0 Å². The predicted octanol–water partition coefficient (Wildman–Crippen LogP) is 1.12. The first-order valence-electron chi connectivity index (χ1n) is 9.36. The molecule has 1 aliphatic rings. The normalized spacial score (nSPS) is 18.0. The standard InChI is InChI=1S/C19H31N3O4S/c1-14-12-15(2)18(16(3)13-14)27(24,25)22-10-5-6-17(22)19(23)21-8-7-20-9-11-26-4/h12-13,17,20H,5-11H2,1-4H3,(H,21,23). The number of carbonyl (C=O) groups is 1. The second-order valence-electron chi connectivity index (χ2n) is 7.04. The van der Waals surface area contributed by atoms with Gasteiger partial charge in [-0.15, -0.1) is 0 Å². The van der Waals surface area contributed by atoms with Crippen molar-refractivity contribution < 1.29 is 17.9 Å². The van der Waals surface area contributed by atoms with Gasteiger partial charge in [-0.3, -0.25) is 4.79 Å². The van der Waals surface area contributed by atoms with Gasteiger partial charge in [0, 0.05) is 33.3 Å². The summed E-state index contributed by atoms with van der Waals surface area (Å²) in [5.74, 6) is -0.230. The molecule has 1 aliphatic heterocycles. The summed E-state index contributed by atoms with van der Waals surface area (Å²) in [6.45, 7) is 8.33. The second-order valence-corrected chi connectivity index (χ2v) is 8.86. The summed E-state index contributed by atoms with van der Waals surface area (Å²) in [4.78, 5) is 12.9. The Hall–Kier alpha value is -1.48. The molecule has 1 saturated heterocycles. The Morgan fingerprint density at radius 3 is 2.48 bits per heavy atom. The van der Waals surface area contributed by atoms with Crippen LogP contribution < -0.4 is 10.6 Å². The number of benzene rings is 1. The number of nitrogens with one attached hydrogen (secondary N) is 2. The van der Waals surface area contributed by atoms with Crippen molar-refractivity contribution in [2.45, 2.75) is 44.6 Å². The fourth-order valence-electron chi connectivity index (χ4n) is 3.67. The van der Waals surface area contributed by atoms with Crippen LogP contribution in [0.15, 0.2) is 17.0 Å². The molecule has 1 amide bonds. The summed E-state index contributed by atoms with van der Waals surface area (Å²) in [6, 6.07) is 3.10. The van der Waals surface area contributed by atoms with Gasteiger partial charge in [0.2, 0.25) is 15.9 Å². The van der Waals surface area contributed by atoms with Crippen LogP contribution in [0.4, 0.5) is 0 Å². The molecule has 0 aliphatic carbocycles. The summed E-state index contributed by atoms with van der Waals surface area (Å²) in [7, 11) is -2.08. The highest BCUT2D eigenvalue weighted by Gasteiger charge is 2.40. The van der Waals surface area contributed by atoms with Gasteiger partial charge in [-0.2, -0.15) is 4.31 Å². The van der Waals surface area contributed by atoms with Gasteiger partial charge in [-0.1, -0.05) is 17.7 Å². The van der Waals surface area contributed by atoms with Crippen LogP contribution in [-0.2, 0) is 19.6 Å². The summed E-state index contributed by atoms with van der Waals surface area (Å²) < 4.78 is 32.9. The zero-order valence-electron chi connectivity index (χ0n) is 16.7. The van der Waals surface area contributed by atoms with Crippen molar-refractivity contribution in [3.63, 3.8) is 0 Å². The third kappa shape index (κ3) is 5.28. The van der Waals surface area contributed by atoms with Crippen LogP contribution >= 0.6 is 0 Å². The number of amides is 1. The minimum Gasteiger partial charge on any atom is -0.383 e. The Bertz CT molecular complexity index is 741. The number of rotatable bonds is 9. The molecule has 0 bridgehead atoms. The molecule has 1 heterocycles. The van der Waals surface area contributed by atoms with Crippen LogP contribution in [0, 0.1) is 20.8 Å². The van der Waals surface area contributed by atoms with E-state index in [2.05, 4.69) is 10.6 Å². The van der Waals surface area contributed by atoms with Crippen LogP contribution in [0.3, 0.4) is 0 Å². The Morgan fingerprint density at radius 1 is 1.19 bits per heavy atom. The number of hydrogen-bond acceptors (Lipinski definition) is 5. The first kappa shape index (κ1) is 21.8. The molecule has 1 atom stereocenters. The van der Waals surface area contributed by atoms with Crippen molar-refractivity contribution >= 4 is 15.9 Å². The lowest BCUT2D eigenvalue weighted by atomic mass is 10.1. The minimum atomic E-state index is -3.71. The second kappa shape index (κ2) is 9.64. The maximum atomic E-state index is 13.3. The highest BCUT2D eigenvalue weighted by molar-refractivity contribution is 7.89. The summed E-state index contributed by atoms with van der Waals surface area (Å²) in [6.07, 6.45) is 1.24. The van der Waals surface area contributed by atoms with E-state index in [-0.39, 0.29) is 5.91 Å². The third-order valence-corrected chi connectivity index (χ3v) is 6.98. The Balaban J connectivity index is 2.07. The van der Waals surface area contributed by atoms with Crippen LogP contribution in [0.25, 0.3) is 0 Å². The average molecular weight is 398 g/mol. The number of methoxy groups -OCH3 is 1. The van der Waals surface area contributed by atoms with Crippen molar-refractivity contribution in [1.29, 1.82) is 0 Å². The van der Waals surface area contributed by atoms with Crippen molar-refractivity contribution in [3.8, 4) is 0 Å². The lowest BCUT2D eigenvalue weighted by molar-refractivity contribution is -0.124. The first-order chi connectivity index (χ1) is 12.8. The quantitative estimate of drug-likeness (QED) is 0.610. The van der Waals surface area contributed by atoms with E-state index in [0.29, 0.717) is 50.5 Å². The highest BCUT2D eigenvalue weighted by atomic mass is 32.2. The Labute approximate surface area is 162 Å². The van der Waals surface area contributed by atoms with Gasteiger partial charge >= 0.3 is 0 Å². The molecule has 27 heavy (non-hydrogen) atoms. The van der Waals surface area contributed by atoms with Gasteiger partial charge in [0.05, 0.1) is 11.5 Å². The molecule has 1 aromatic rings. The van der Waals surface area contributed by atoms with Gasteiger partial charge in [0.15, 0.2) is 0 Å². The van der Waals surface area contributed by atoms with E-state index < -0.39 is 16.1 Å². The van der Waals surface area contributed by atoms with E-state index in [9.17, 15) is 13.2 Å². The molecule has 2 rings (SSSR count). The van der Waals surface area contributed by atoms with Crippen molar-refractivity contribution in [3.05, 3.63) is 28.8 Å². The molecule has 7 nitrogen and oxygen atoms in total. The van der Waals surface area contributed by atoms with Gasteiger partial charge < -0.3 is 15.4 Å². The Morgan fingerprint density at radius 2 is 1.85 bits per heavy atom. The number of nitrogens with zero attached hydrogens (tertiary/aromatic N) is 1. The predicted molar refractivity (Wildman–Crippen MR) is 105 cm³/mol. The number of carbonyl (C=O) groups excluding carboxylic acids is 1. The van der Waals surface area contributed by atoms with E-state index in [0.717, 1.165) is 16.7 Å². The molecule has 0 saturated carbocycles. The number of hydrogen-bond donors (Lipinski definition) is 2. The highest BCUT2D eigenvalue weighted by Crippen LogP contribution is 2.30. The lowest BCUT2D eigenvalue weighted by Crippen LogP contribution is -2.47. The van der Waals surface area contributed by atoms with E-state index in [1.807, 2.05) is 32.9 Å². The smallest absolute Gasteiger partial charge is 0.244 e.